The van der Waals surface area contributed by atoms with E-state index in [1.54, 1.807) is 0 Å². The number of fused-ring (bicyclic) bond motifs is 4. The van der Waals surface area contributed by atoms with Crippen LogP contribution < -0.4 is 14.7 Å². The van der Waals surface area contributed by atoms with Crippen LogP contribution in [0.5, 0.6) is 0 Å². The maximum Gasteiger partial charge on any atom is 0.0555 e. The van der Waals surface area contributed by atoms with Crippen LogP contribution in [0.4, 0.5) is 45.5 Å². The lowest BCUT2D eigenvalue weighted by Gasteiger charge is -2.34. The van der Waals surface area contributed by atoms with Crippen molar-refractivity contribution in [2.24, 2.45) is 5.92 Å². The fourth-order valence-electron chi connectivity index (χ4n) is 8.86. The van der Waals surface area contributed by atoms with Gasteiger partial charge < -0.3 is 14.7 Å². The summed E-state index contributed by atoms with van der Waals surface area (Å²) in [6.45, 7) is 2.36. The predicted octanol–water partition coefficient (Wildman–Crippen LogP) is 14.8. The van der Waals surface area contributed by atoms with E-state index in [4.69, 9.17) is 0 Å². The van der Waals surface area contributed by atoms with Gasteiger partial charge in [0, 0.05) is 42.7 Å². The van der Waals surface area contributed by atoms with E-state index in [1.165, 1.54) is 53.5 Å². The molecule has 11 rings (SSSR count). The second-order valence-corrected chi connectivity index (χ2v) is 15.8. The summed E-state index contributed by atoms with van der Waals surface area (Å²) in [4.78, 5) is 8.94. The van der Waals surface area contributed by atoms with Gasteiger partial charge in [0.05, 0.1) is 39.8 Å². The minimum Gasteiger partial charge on any atom is -0.310 e. The van der Waals surface area contributed by atoms with Gasteiger partial charge in [0.15, 0.2) is 0 Å². The molecule has 8 aromatic carbocycles. The van der Waals surface area contributed by atoms with Gasteiger partial charge in [0.2, 0.25) is 0 Å². The van der Waals surface area contributed by atoms with Crippen LogP contribution in [0.1, 0.15) is 17.4 Å². The van der Waals surface area contributed by atoms with Crippen molar-refractivity contribution in [3.8, 4) is 0 Å². The highest BCUT2D eigenvalue weighted by molar-refractivity contribution is 7.19. The van der Waals surface area contributed by atoms with Gasteiger partial charge >= 0.3 is 0 Å². The van der Waals surface area contributed by atoms with E-state index in [-0.39, 0.29) is 0 Å². The zero-order chi connectivity index (χ0) is 36.5. The first kappa shape index (κ1) is 31.9. The Morgan fingerprint density at radius 3 is 1.73 bits per heavy atom. The molecule has 1 aliphatic heterocycles. The Hall–Kier alpha value is -6.62. The number of nitrogens with zero attached hydrogens (tertiary/aromatic N) is 3. The van der Waals surface area contributed by atoms with E-state index in [9.17, 15) is 0 Å². The summed E-state index contributed by atoms with van der Waals surface area (Å²) in [5, 5.41) is 6.14. The summed E-state index contributed by atoms with van der Waals surface area (Å²) in [6.07, 6.45) is 3.54. The van der Waals surface area contributed by atoms with Crippen molar-refractivity contribution in [3.05, 3.63) is 199 Å². The Labute approximate surface area is 325 Å². The minimum absolute atomic E-state index is 0.390. The first-order valence-corrected chi connectivity index (χ1v) is 19.9. The summed E-state index contributed by atoms with van der Waals surface area (Å²) < 4.78 is 1.32. The van der Waals surface area contributed by atoms with E-state index in [0.29, 0.717) is 5.92 Å². The Morgan fingerprint density at radius 2 is 1.07 bits per heavy atom. The first-order chi connectivity index (χ1) is 27.2. The molecule has 3 nitrogen and oxygen atoms in total. The molecule has 0 spiro atoms. The molecule has 1 aliphatic carbocycles. The maximum absolute atomic E-state index is 2.52. The van der Waals surface area contributed by atoms with Crippen LogP contribution in [-0.2, 0) is 6.42 Å². The van der Waals surface area contributed by atoms with Crippen molar-refractivity contribution in [2.45, 2.75) is 13.3 Å². The predicted molar refractivity (Wildman–Crippen MR) is 236 cm³/mol. The number of para-hydroxylation sites is 2. The highest BCUT2D eigenvalue weighted by atomic mass is 32.1. The van der Waals surface area contributed by atoms with Crippen LogP contribution in [0.3, 0.4) is 0 Å². The van der Waals surface area contributed by atoms with Crippen molar-refractivity contribution in [3.63, 3.8) is 0 Å². The molecular weight excluding hydrogens is 687 g/mol. The van der Waals surface area contributed by atoms with Gasteiger partial charge in [-0.25, -0.2) is 0 Å². The molecule has 4 heteroatoms. The quantitative estimate of drug-likeness (QED) is 0.175. The molecule has 55 heavy (non-hydrogen) atoms. The number of allylic oxidation sites excluding steroid dienone is 1. The average Bonchev–Trinajstić information content (AvgIpc) is 3.62. The van der Waals surface area contributed by atoms with E-state index < -0.39 is 0 Å². The van der Waals surface area contributed by atoms with Crippen molar-refractivity contribution < 1.29 is 0 Å². The fraction of sp³-hybridized carbons (Fsp3) is 0.0588. The average molecular weight is 724 g/mol. The lowest BCUT2D eigenvalue weighted by molar-refractivity contribution is 0.722. The topological polar surface area (TPSA) is 9.72 Å². The van der Waals surface area contributed by atoms with Crippen LogP contribution in [0, 0.1) is 5.92 Å². The number of thiophene rings is 1. The van der Waals surface area contributed by atoms with Gasteiger partial charge in [-0.2, -0.15) is 0 Å². The van der Waals surface area contributed by atoms with Crippen molar-refractivity contribution >= 4 is 94.2 Å². The van der Waals surface area contributed by atoms with Gasteiger partial charge in [-0.05, 0) is 89.8 Å². The van der Waals surface area contributed by atoms with Gasteiger partial charge in [0.25, 0.3) is 0 Å². The SMILES string of the molecule is CC1C=C2c3c(sc4cccc(c34)N(c3ccccc3)c3cc(cc(N(c4cccc5ccccc45)c4cccc5ccccc45)c3)N2c2ccccc2)C1. The minimum atomic E-state index is 0.390. The third-order valence-electron chi connectivity index (χ3n) is 11.2. The third-order valence-corrected chi connectivity index (χ3v) is 12.3. The van der Waals surface area contributed by atoms with Crippen molar-refractivity contribution in [1.29, 1.82) is 0 Å². The summed E-state index contributed by atoms with van der Waals surface area (Å²) >= 11 is 1.95. The van der Waals surface area contributed by atoms with Crippen LogP contribution >= 0.6 is 11.3 Å². The molecule has 1 unspecified atom stereocenters. The Balaban J connectivity index is 1.29. The van der Waals surface area contributed by atoms with E-state index in [0.717, 1.165) is 46.2 Å². The normalized spacial score (nSPS) is 14.8. The van der Waals surface area contributed by atoms with Gasteiger partial charge in [0.1, 0.15) is 0 Å². The molecule has 9 aromatic rings. The highest BCUT2D eigenvalue weighted by Gasteiger charge is 2.33. The molecule has 0 fully saturated rings. The Morgan fingerprint density at radius 1 is 0.527 bits per heavy atom. The van der Waals surface area contributed by atoms with E-state index in [2.05, 4.69) is 210 Å². The van der Waals surface area contributed by atoms with Gasteiger partial charge in [-0.3, -0.25) is 0 Å². The number of benzene rings is 8. The molecule has 2 heterocycles. The van der Waals surface area contributed by atoms with Crippen molar-refractivity contribution in [2.75, 3.05) is 14.7 Å². The largest absolute Gasteiger partial charge is 0.310 e. The number of hydrogen-bond acceptors (Lipinski definition) is 4. The third kappa shape index (κ3) is 5.17. The molecule has 0 amide bonds. The molecule has 1 atom stereocenters. The number of hydrogen-bond donors (Lipinski definition) is 0. The highest BCUT2D eigenvalue weighted by Crippen LogP contribution is 2.54. The van der Waals surface area contributed by atoms with E-state index in [1.807, 2.05) is 11.3 Å². The maximum atomic E-state index is 2.52. The van der Waals surface area contributed by atoms with Crippen LogP contribution in [0.2, 0.25) is 0 Å². The molecular formula is C51H37N3S. The van der Waals surface area contributed by atoms with E-state index >= 15 is 0 Å². The summed E-state index contributed by atoms with van der Waals surface area (Å²) in [6, 6.07) is 66.7. The fourth-order valence-corrected chi connectivity index (χ4v) is 10.2. The molecule has 0 radical (unpaired) electrons. The second kappa shape index (κ2) is 12.8. The number of rotatable bonds is 5. The lowest BCUT2D eigenvalue weighted by Crippen LogP contribution is -2.20. The van der Waals surface area contributed by atoms with Crippen LogP contribution in [0.25, 0.3) is 37.3 Å². The lowest BCUT2D eigenvalue weighted by atomic mass is 9.91. The summed E-state index contributed by atoms with van der Waals surface area (Å²) in [5.74, 6) is 0.390. The Kier molecular flexibility index (Phi) is 7.39. The molecule has 2 aliphatic rings. The standard InChI is InChI=1S/C51H37N3S/c1-34-29-47-51-49(30-34)55-48-28-14-27-46(50(48)51)52(37-19-4-2-5-20-37)39-31-40(53(47)38-21-6-3-7-22-38)33-41(32-39)54(44-25-12-17-35-15-8-10-23-42(35)44)45-26-13-18-36-16-9-11-24-43(36)45/h2-29,31-34H,30H2,1H3. The zero-order valence-electron chi connectivity index (χ0n) is 30.4. The smallest absolute Gasteiger partial charge is 0.0555 e. The zero-order valence-corrected chi connectivity index (χ0v) is 31.2. The molecule has 0 saturated carbocycles. The molecule has 0 saturated heterocycles. The Bertz CT molecular complexity index is 2860. The van der Waals surface area contributed by atoms with Crippen molar-refractivity contribution in [1.82, 2.24) is 0 Å². The molecule has 1 aromatic heterocycles. The first-order valence-electron chi connectivity index (χ1n) is 19.1. The molecule has 2 bridgehead atoms. The second-order valence-electron chi connectivity index (χ2n) is 14.7. The van der Waals surface area contributed by atoms with Crippen LogP contribution in [-0.4, -0.2) is 0 Å². The van der Waals surface area contributed by atoms with Gasteiger partial charge in [-0.15, -0.1) is 11.3 Å². The molecule has 0 N–H and O–H groups in total. The summed E-state index contributed by atoms with van der Waals surface area (Å²) in [5.41, 5.74) is 11.6. The monoisotopic (exact) mass is 723 g/mol. The van der Waals surface area contributed by atoms with Gasteiger partial charge in [-0.1, -0.05) is 128 Å². The number of anilines is 8. The molecule has 262 valence electrons. The van der Waals surface area contributed by atoms with Crippen LogP contribution in [0.15, 0.2) is 188 Å². The summed E-state index contributed by atoms with van der Waals surface area (Å²) in [7, 11) is 0.